The first kappa shape index (κ1) is 21.8. The summed E-state index contributed by atoms with van der Waals surface area (Å²) in [4.78, 5) is 21.6. The zero-order valence-corrected chi connectivity index (χ0v) is 18.7. The molecule has 8 heteroatoms. The summed E-state index contributed by atoms with van der Waals surface area (Å²) in [7, 11) is 0. The molecule has 0 aliphatic heterocycles. The molecule has 1 amide bonds. The number of carbonyl (C=O) groups excluding carboxylic acids is 1. The van der Waals surface area contributed by atoms with Crippen LogP contribution in [0.5, 0.6) is 11.6 Å². The van der Waals surface area contributed by atoms with Crippen molar-refractivity contribution in [2.24, 2.45) is 32.7 Å². The van der Waals surface area contributed by atoms with Crippen LogP contribution in [0.3, 0.4) is 0 Å². The van der Waals surface area contributed by atoms with Gasteiger partial charge < -0.3 is 15.3 Å². The number of fused-ring (bicyclic) bond motifs is 2. The van der Waals surface area contributed by atoms with Crippen LogP contribution >= 0.6 is 0 Å². The van der Waals surface area contributed by atoms with Gasteiger partial charge in [-0.05, 0) is 54.9 Å². The molecule has 2 saturated carbocycles. The smallest absolute Gasteiger partial charge is 0.280 e. The zero-order chi connectivity index (χ0) is 22.8. The van der Waals surface area contributed by atoms with Gasteiger partial charge in [0.25, 0.3) is 5.91 Å². The number of hydrazone groups is 1. The highest BCUT2D eigenvalue weighted by Gasteiger charge is 2.60. The highest BCUT2D eigenvalue weighted by Crippen LogP contribution is 2.63. The van der Waals surface area contributed by atoms with E-state index in [0.29, 0.717) is 23.1 Å². The average Bonchev–Trinajstić information content (AvgIpc) is 3.12. The number of nitrogens with two attached hydrogens (primary N) is 1. The number of pyridine rings is 1. The Labute approximate surface area is 187 Å². The van der Waals surface area contributed by atoms with Gasteiger partial charge in [0.05, 0.1) is 5.56 Å². The molecule has 2 atom stereocenters. The van der Waals surface area contributed by atoms with Crippen LogP contribution in [0.2, 0.25) is 0 Å². The molecule has 168 valence electrons. The van der Waals surface area contributed by atoms with Crippen molar-refractivity contribution in [3.8, 4) is 11.6 Å². The number of amides is 1. The van der Waals surface area contributed by atoms with Crippen molar-refractivity contribution in [2.75, 3.05) is 6.61 Å². The summed E-state index contributed by atoms with van der Waals surface area (Å²) in [6.07, 6.45) is 4.86. The molecule has 1 aromatic heterocycles. The van der Waals surface area contributed by atoms with Crippen LogP contribution in [-0.2, 0) is 9.63 Å². The number of aromatic nitrogens is 1. The molecule has 2 aliphatic carbocycles. The number of para-hydroxylation sites is 1. The zero-order valence-electron chi connectivity index (χ0n) is 18.7. The minimum absolute atomic E-state index is 0.0316. The van der Waals surface area contributed by atoms with Crippen molar-refractivity contribution >= 4 is 17.5 Å². The van der Waals surface area contributed by atoms with E-state index in [1.54, 1.807) is 18.3 Å². The number of rotatable bonds is 7. The van der Waals surface area contributed by atoms with Gasteiger partial charge in [-0.3, -0.25) is 4.79 Å². The minimum Gasteiger partial charge on any atom is -0.438 e. The average molecular weight is 436 g/mol. The topological polar surface area (TPSA) is 111 Å². The Morgan fingerprint density at radius 2 is 2.00 bits per heavy atom. The lowest BCUT2D eigenvalue weighted by Crippen LogP contribution is -2.34. The van der Waals surface area contributed by atoms with Gasteiger partial charge in [0.2, 0.25) is 5.88 Å². The molecule has 4 rings (SSSR count). The monoisotopic (exact) mass is 435 g/mol. The Morgan fingerprint density at radius 1 is 1.22 bits per heavy atom. The first-order valence-corrected chi connectivity index (χ1v) is 10.8. The van der Waals surface area contributed by atoms with Gasteiger partial charge in [-0.1, -0.05) is 44.1 Å². The molecule has 2 aromatic rings. The van der Waals surface area contributed by atoms with E-state index in [-0.39, 0.29) is 29.2 Å². The number of ether oxygens (including phenoxy) is 1. The quantitative estimate of drug-likeness (QED) is 0.390. The van der Waals surface area contributed by atoms with E-state index in [9.17, 15) is 4.79 Å². The summed E-state index contributed by atoms with van der Waals surface area (Å²) < 4.78 is 5.78. The van der Waals surface area contributed by atoms with Gasteiger partial charge in [0.1, 0.15) is 5.75 Å². The maximum atomic E-state index is 12.2. The Bertz CT molecular complexity index is 1050. The molecule has 0 spiro atoms. The van der Waals surface area contributed by atoms with E-state index in [1.165, 1.54) is 6.42 Å². The second-order valence-corrected chi connectivity index (χ2v) is 9.11. The van der Waals surface area contributed by atoms with Gasteiger partial charge >= 0.3 is 0 Å². The summed E-state index contributed by atoms with van der Waals surface area (Å²) in [6, 6.07) is 12.7. The maximum absolute atomic E-state index is 12.2. The second-order valence-electron chi connectivity index (χ2n) is 9.11. The Balaban J connectivity index is 1.34. The number of nitrogens with one attached hydrogen (secondary N) is 1. The van der Waals surface area contributed by atoms with Crippen LogP contribution < -0.4 is 15.9 Å². The molecule has 2 unspecified atom stereocenters. The van der Waals surface area contributed by atoms with Crippen molar-refractivity contribution < 1.29 is 14.4 Å². The molecule has 0 radical (unpaired) electrons. The van der Waals surface area contributed by atoms with Crippen LogP contribution in [0.15, 0.2) is 58.9 Å². The molecule has 1 heterocycles. The second kappa shape index (κ2) is 8.61. The largest absolute Gasteiger partial charge is 0.438 e. The van der Waals surface area contributed by atoms with Crippen LogP contribution in [0.4, 0.5) is 0 Å². The van der Waals surface area contributed by atoms with Gasteiger partial charge in [-0.2, -0.15) is 5.10 Å². The third-order valence-electron chi connectivity index (χ3n) is 7.19. The maximum Gasteiger partial charge on any atom is 0.280 e. The summed E-state index contributed by atoms with van der Waals surface area (Å²) in [5.41, 5.74) is 10.4. The van der Waals surface area contributed by atoms with E-state index in [2.05, 4.69) is 41.4 Å². The predicted molar refractivity (Wildman–Crippen MR) is 122 cm³/mol. The van der Waals surface area contributed by atoms with Crippen molar-refractivity contribution in [2.45, 2.75) is 40.0 Å². The fraction of sp³-hybridized carbons (Fsp3) is 0.417. The number of hydrogen-bond acceptors (Lipinski definition) is 6. The Morgan fingerprint density at radius 3 is 2.69 bits per heavy atom. The van der Waals surface area contributed by atoms with Crippen LogP contribution in [0.25, 0.3) is 0 Å². The number of hydrogen-bond donors (Lipinski definition) is 2. The minimum atomic E-state index is -0.384. The summed E-state index contributed by atoms with van der Waals surface area (Å²) in [5.74, 6) is 1.22. The third-order valence-corrected chi connectivity index (χ3v) is 7.19. The van der Waals surface area contributed by atoms with Crippen LogP contribution in [-0.4, -0.2) is 29.0 Å². The Hall–Kier alpha value is -3.42. The fourth-order valence-electron chi connectivity index (χ4n) is 4.74. The van der Waals surface area contributed by atoms with Gasteiger partial charge in [0.15, 0.2) is 12.4 Å². The van der Waals surface area contributed by atoms with Crippen molar-refractivity contribution in [1.29, 1.82) is 0 Å². The van der Waals surface area contributed by atoms with Gasteiger partial charge in [0, 0.05) is 17.3 Å². The highest BCUT2D eigenvalue weighted by atomic mass is 16.6. The number of amidine groups is 1. The van der Waals surface area contributed by atoms with E-state index < -0.39 is 0 Å². The first-order valence-electron chi connectivity index (χ1n) is 10.8. The van der Waals surface area contributed by atoms with E-state index in [4.69, 9.17) is 15.3 Å². The molecular weight excluding hydrogens is 406 g/mol. The molecule has 8 nitrogen and oxygen atoms in total. The van der Waals surface area contributed by atoms with Crippen LogP contribution in [0, 0.1) is 16.7 Å². The molecule has 2 aliphatic rings. The predicted octanol–water partition coefficient (Wildman–Crippen LogP) is 3.83. The number of nitrogens with zero attached hydrogens (tertiary/aromatic N) is 3. The van der Waals surface area contributed by atoms with Crippen molar-refractivity contribution in [1.82, 2.24) is 10.4 Å². The van der Waals surface area contributed by atoms with Crippen molar-refractivity contribution in [3.63, 3.8) is 0 Å². The molecular formula is C24H29N5O3. The van der Waals surface area contributed by atoms with E-state index in [1.807, 2.05) is 30.3 Å². The highest BCUT2D eigenvalue weighted by molar-refractivity contribution is 5.99. The van der Waals surface area contributed by atoms with E-state index in [0.717, 1.165) is 18.6 Å². The molecule has 0 saturated heterocycles. The SMILES string of the molecule is CC12CCC(C/C1=N/NC(=O)CO/N=C(/N)c1cccnc1Oc1ccccc1)C2(C)C. The van der Waals surface area contributed by atoms with Gasteiger partial charge in [-0.25, -0.2) is 10.4 Å². The molecule has 3 N–H and O–H groups in total. The number of carbonyl (C=O) groups is 1. The third kappa shape index (κ3) is 4.04. The van der Waals surface area contributed by atoms with Crippen LogP contribution in [0.1, 0.15) is 45.6 Å². The van der Waals surface area contributed by atoms with E-state index >= 15 is 0 Å². The molecule has 2 fully saturated rings. The molecule has 2 bridgehead atoms. The summed E-state index contributed by atoms with van der Waals surface area (Å²) in [5, 5.41) is 8.27. The summed E-state index contributed by atoms with van der Waals surface area (Å²) >= 11 is 0. The van der Waals surface area contributed by atoms with Gasteiger partial charge in [-0.15, -0.1) is 0 Å². The normalized spacial score (nSPS) is 25.0. The lowest BCUT2D eigenvalue weighted by atomic mass is 9.70. The summed E-state index contributed by atoms with van der Waals surface area (Å²) in [6.45, 7) is 6.54. The first-order chi connectivity index (χ1) is 15.3. The number of oxime groups is 1. The van der Waals surface area contributed by atoms with Crippen molar-refractivity contribution in [3.05, 3.63) is 54.2 Å². The number of benzene rings is 1. The molecule has 1 aromatic carbocycles. The molecule has 32 heavy (non-hydrogen) atoms. The standard InChI is InChI=1S/C24H29N5O3/c1-23(2)16-11-12-24(23,3)19(14-16)27-28-20(30)15-31-29-21(25)18-10-7-13-26-22(18)32-17-8-5-4-6-9-17/h4-10,13,16H,11-12,14-15H2,1-3H3,(H2,25,29)(H,28,30)/b27-19-. The Kier molecular flexibility index (Phi) is 5.86. The fourth-order valence-corrected chi connectivity index (χ4v) is 4.74. The lowest BCUT2D eigenvalue weighted by Gasteiger charge is -2.34. The lowest BCUT2D eigenvalue weighted by molar-refractivity contribution is -0.125.